The van der Waals surface area contributed by atoms with Gasteiger partial charge in [-0.05, 0) is 30.4 Å². The molecule has 1 unspecified atom stereocenters. The summed E-state index contributed by atoms with van der Waals surface area (Å²) in [6, 6.07) is 7.77. The highest BCUT2D eigenvalue weighted by molar-refractivity contribution is 7.92. The predicted octanol–water partition coefficient (Wildman–Crippen LogP) is 1.27. The molecule has 0 heterocycles. The van der Waals surface area contributed by atoms with E-state index in [2.05, 4.69) is 16.9 Å². The van der Waals surface area contributed by atoms with Gasteiger partial charge in [0.15, 0.2) is 0 Å². The fraction of sp³-hybridized carbons (Fsp3) is 0.417. The number of sulfonamides is 1. The molecule has 1 aromatic rings. The van der Waals surface area contributed by atoms with Crippen LogP contribution in [0.25, 0.3) is 0 Å². The van der Waals surface area contributed by atoms with Crippen molar-refractivity contribution in [2.75, 3.05) is 5.75 Å². The van der Waals surface area contributed by atoms with Crippen LogP contribution in [0, 0.1) is 0 Å². The zero-order valence-corrected chi connectivity index (χ0v) is 11.6. The van der Waals surface area contributed by atoms with E-state index in [4.69, 9.17) is 5.73 Å². The topological polar surface area (TPSA) is 72.2 Å². The van der Waals surface area contributed by atoms with Crippen molar-refractivity contribution in [3.05, 3.63) is 35.4 Å². The highest BCUT2D eigenvalue weighted by Crippen LogP contribution is 2.29. The van der Waals surface area contributed by atoms with Crippen molar-refractivity contribution in [3.8, 4) is 0 Å². The molecule has 1 aliphatic rings. The number of nitrogens with two attached hydrogens (primary N) is 1. The van der Waals surface area contributed by atoms with Gasteiger partial charge >= 0.3 is 0 Å². The molecule has 0 saturated carbocycles. The smallest absolute Gasteiger partial charge is 0.218 e. The number of aryl methyl sites for hydroxylation is 1. The zero-order valence-electron chi connectivity index (χ0n) is 9.93. The second-order valence-corrected chi connectivity index (χ2v) is 6.77. The van der Waals surface area contributed by atoms with Crippen molar-refractivity contribution in [2.24, 2.45) is 5.73 Å². The van der Waals surface area contributed by atoms with E-state index in [1.165, 1.54) is 5.56 Å². The maximum Gasteiger partial charge on any atom is 0.218 e. The minimum Gasteiger partial charge on any atom is -0.392 e. The van der Waals surface area contributed by atoms with E-state index in [-0.39, 0.29) is 16.8 Å². The minimum atomic E-state index is -3.44. The largest absolute Gasteiger partial charge is 0.392 e. The normalized spacial score (nSPS) is 19.2. The van der Waals surface area contributed by atoms with Gasteiger partial charge in [0.2, 0.25) is 10.0 Å². The Balaban J connectivity index is 2.19. The molecule has 0 aliphatic heterocycles. The van der Waals surface area contributed by atoms with Crippen LogP contribution in [-0.2, 0) is 16.4 Å². The fourth-order valence-corrected chi connectivity index (χ4v) is 3.92. The van der Waals surface area contributed by atoms with Gasteiger partial charge in [-0.3, -0.25) is 0 Å². The van der Waals surface area contributed by atoms with Crippen LogP contribution in [0.5, 0.6) is 0 Å². The molecule has 0 bridgehead atoms. The van der Waals surface area contributed by atoms with E-state index in [1.807, 2.05) is 24.3 Å². The molecule has 1 aliphatic carbocycles. The first-order chi connectivity index (χ1) is 8.48. The standard InChI is InChI=1S/C12H16N2O2S2/c13-12(17)8-18(15,16)14-11-7-3-5-9-4-1-2-6-10(9)11/h1-2,4,6,11,14H,3,5,7-8H2,(H2,13,17). The zero-order chi connectivity index (χ0) is 13.2. The second-order valence-electron chi connectivity index (χ2n) is 4.49. The molecule has 1 aromatic carbocycles. The molecule has 0 radical (unpaired) electrons. The Morgan fingerprint density at radius 3 is 2.89 bits per heavy atom. The van der Waals surface area contributed by atoms with Crippen molar-refractivity contribution >= 4 is 27.2 Å². The number of benzene rings is 1. The third kappa shape index (κ3) is 3.28. The van der Waals surface area contributed by atoms with E-state index < -0.39 is 10.0 Å². The highest BCUT2D eigenvalue weighted by Gasteiger charge is 2.24. The maximum absolute atomic E-state index is 11.8. The Morgan fingerprint density at radius 1 is 1.44 bits per heavy atom. The summed E-state index contributed by atoms with van der Waals surface area (Å²) >= 11 is 4.65. The van der Waals surface area contributed by atoms with Gasteiger partial charge < -0.3 is 5.73 Å². The van der Waals surface area contributed by atoms with Crippen LogP contribution < -0.4 is 10.5 Å². The van der Waals surface area contributed by atoms with Gasteiger partial charge in [-0.2, -0.15) is 0 Å². The van der Waals surface area contributed by atoms with Gasteiger partial charge in [0.1, 0.15) is 5.75 Å². The molecule has 3 N–H and O–H groups in total. The van der Waals surface area contributed by atoms with Crippen molar-refractivity contribution in [1.82, 2.24) is 4.72 Å². The molecule has 2 rings (SSSR count). The van der Waals surface area contributed by atoms with Crippen LogP contribution in [0.4, 0.5) is 0 Å². The summed E-state index contributed by atoms with van der Waals surface area (Å²) in [5, 5.41) is 0. The number of rotatable bonds is 4. The Labute approximate surface area is 113 Å². The van der Waals surface area contributed by atoms with Gasteiger partial charge in [-0.15, -0.1) is 0 Å². The third-order valence-electron chi connectivity index (χ3n) is 3.02. The van der Waals surface area contributed by atoms with Crippen LogP contribution in [-0.4, -0.2) is 19.2 Å². The van der Waals surface area contributed by atoms with Gasteiger partial charge in [0.05, 0.1) is 4.99 Å². The first-order valence-corrected chi connectivity index (χ1v) is 7.90. The maximum atomic E-state index is 11.8. The lowest BCUT2D eigenvalue weighted by atomic mass is 9.88. The molecule has 0 aromatic heterocycles. The lowest BCUT2D eigenvalue weighted by molar-refractivity contribution is 0.509. The molecule has 98 valence electrons. The summed E-state index contributed by atoms with van der Waals surface area (Å²) in [4.78, 5) is -0.00778. The minimum absolute atomic E-state index is 0.00778. The number of thiocarbonyl (C=S) groups is 1. The third-order valence-corrected chi connectivity index (χ3v) is 4.69. The highest BCUT2D eigenvalue weighted by atomic mass is 32.2. The van der Waals surface area contributed by atoms with Gasteiger partial charge in [-0.1, -0.05) is 36.5 Å². The van der Waals surface area contributed by atoms with Crippen LogP contribution in [0.15, 0.2) is 24.3 Å². The van der Waals surface area contributed by atoms with Crippen molar-refractivity contribution in [2.45, 2.75) is 25.3 Å². The Kier molecular flexibility index (Phi) is 3.99. The SMILES string of the molecule is NC(=S)CS(=O)(=O)NC1CCCc2ccccc21. The molecule has 0 saturated heterocycles. The molecule has 18 heavy (non-hydrogen) atoms. The first-order valence-electron chi connectivity index (χ1n) is 5.84. The predicted molar refractivity (Wildman–Crippen MR) is 75.8 cm³/mol. The molecule has 6 heteroatoms. The summed E-state index contributed by atoms with van der Waals surface area (Å²) in [5.41, 5.74) is 7.57. The molecule has 1 atom stereocenters. The lowest BCUT2D eigenvalue weighted by Crippen LogP contribution is -2.36. The first kappa shape index (κ1) is 13.5. The van der Waals surface area contributed by atoms with E-state index in [1.54, 1.807) is 0 Å². The monoisotopic (exact) mass is 284 g/mol. The average molecular weight is 284 g/mol. The summed E-state index contributed by atoms with van der Waals surface area (Å²) in [6.07, 6.45) is 2.80. The van der Waals surface area contributed by atoms with E-state index in [0.29, 0.717) is 0 Å². The second kappa shape index (κ2) is 5.34. The fourth-order valence-electron chi connectivity index (χ4n) is 2.32. The van der Waals surface area contributed by atoms with Gasteiger partial charge in [-0.25, -0.2) is 13.1 Å². The van der Waals surface area contributed by atoms with Crippen molar-refractivity contribution in [1.29, 1.82) is 0 Å². The number of nitrogens with one attached hydrogen (secondary N) is 1. The Morgan fingerprint density at radius 2 is 2.17 bits per heavy atom. The lowest BCUT2D eigenvalue weighted by Gasteiger charge is -2.26. The van der Waals surface area contributed by atoms with Crippen molar-refractivity contribution < 1.29 is 8.42 Å². The van der Waals surface area contributed by atoms with Crippen LogP contribution in [0.1, 0.15) is 30.0 Å². The van der Waals surface area contributed by atoms with Crippen molar-refractivity contribution in [3.63, 3.8) is 0 Å². The van der Waals surface area contributed by atoms with Crippen LogP contribution in [0.3, 0.4) is 0 Å². The summed E-state index contributed by atoms with van der Waals surface area (Å²) in [6.45, 7) is 0. The molecule has 0 amide bonds. The number of hydrogen-bond donors (Lipinski definition) is 2. The molecular weight excluding hydrogens is 268 g/mol. The van der Waals surface area contributed by atoms with Gasteiger partial charge in [0, 0.05) is 6.04 Å². The average Bonchev–Trinajstić information content (AvgIpc) is 2.27. The van der Waals surface area contributed by atoms with Crippen LogP contribution in [0.2, 0.25) is 0 Å². The van der Waals surface area contributed by atoms with Gasteiger partial charge in [0.25, 0.3) is 0 Å². The van der Waals surface area contributed by atoms with E-state index in [0.717, 1.165) is 24.8 Å². The number of hydrogen-bond acceptors (Lipinski definition) is 3. The molecule has 0 spiro atoms. The Bertz CT molecular complexity index is 555. The number of fused-ring (bicyclic) bond motifs is 1. The quantitative estimate of drug-likeness (QED) is 0.817. The molecule has 4 nitrogen and oxygen atoms in total. The van der Waals surface area contributed by atoms with Crippen LogP contribution >= 0.6 is 12.2 Å². The van der Waals surface area contributed by atoms with E-state index >= 15 is 0 Å². The Hall–Kier alpha value is -0.980. The summed E-state index contributed by atoms with van der Waals surface area (Å²) < 4.78 is 26.4. The summed E-state index contributed by atoms with van der Waals surface area (Å²) in [5.74, 6) is -0.291. The summed E-state index contributed by atoms with van der Waals surface area (Å²) in [7, 11) is -3.44. The van der Waals surface area contributed by atoms with E-state index in [9.17, 15) is 8.42 Å². The molecule has 0 fully saturated rings. The molecular formula is C12H16N2O2S2.